The van der Waals surface area contributed by atoms with Gasteiger partial charge in [-0.3, -0.25) is 0 Å². The van der Waals surface area contributed by atoms with Gasteiger partial charge in [0.05, 0.1) is 106 Å². The molecule has 0 heterocycles. The highest BCUT2D eigenvalue weighted by atomic mass is 16.6. The number of fused-ring (bicyclic) bond motifs is 6. The normalized spacial score (nSPS) is 14.1. The maximum absolute atomic E-state index is 6.29. The second kappa shape index (κ2) is 28.7. The molecule has 0 aliphatic heterocycles. The van der Waals surface area contributed by atoms with Gasteiger partial charge >= 0.3 is 0 Å². The van der Waals surface area contributed by atoms with Gasteiger partial charge < -0.3 is 56.8 Å². The van der Waals surface area contributed by atoms with Gasteiger partial charge in [-0.05, 0) is 93.5 Å². The van der Waals surface area contributed by atoms with Crippen molar-refractivity contribution in [2.24, 2.45) is 0 Å². The molecule has 4 aromatic carbocycles. The molecule has 362 valence electrons. The van der Waals surface area contributed by atoms with Gasteiger partial charge in [-0.25, -0.2) is 0 Å². The molecule has 12 nitrogen and oxygen atoms in total. The molecule has 0 aromatic heterocycles. The average molecular weight is 915 g/mol. The standard InChI is InChI=1S/C54H74O12/c1-55-25-29-63-37-33-59-21-17-53(18-22-60-34-38-64-30-26-56-2)49-11-7-5-9-45(49)47-15-13-43(41-51(47)53)44-14-16-48-46-10-6-8-12-50(46)54(52(48)42-44,19-23-61-35-39-65-31-27-57-3)20-24-62-36-40-66-32-28-58-4/h5-16,41-42H,17-40H2,1-4H3. The van der Waals surface area contributed by atoms with Crippen molar-refractivity contribution in [3.63, 3.8) is 0 Å². The van der Waals surface area contributed by atoms with E-state index in [0.29, 0.717) is 132 Å². The van der Waals surface area contributed by atoms with Crippen molar-refractivity contribution in [2.75, 3.05) is 161 Å². The van der Waals surface area contributed by atoms with Crippen LogP contribution in [0.1, 0.15) is 47.9 Å². The Hall–Kier alpha value is -3.60. The third-order valence-corrected chi connectivity index (χ3v) is 12.8. The molecule has 6 rings (SSSR count). The fraction of sp³-hybridized carbons (Fsp3) is 0.556. The van der Waals surface area contributed by atoms with Crippen LogP contribution in [0.5, 0.6) is 0 Å². The summed E-state index contributed by atoms with van der Waals surface area (Å²) in [6.07, 6.45) is 3.18. The Labute approximate surface area is 393 Å². The van der Waals surface area contributed by atoms with Crippen LogP contribution in [0.25, 0.3) is 33.4 Å². The van der Waals surface area contributed by atoms with Crippen molar-refractivity contribution in [3.8, 4) is 33.4 Å². The van der Waals surface area contributed by atoms with Crippen molar-refractivity contribution < 1.29 is 56.8 Å². The first-order chi connectivity index (χ1) is 32.6. The van der Waals surface area contributed by atoms with E-state index >= 15 is 0 Å². The lowest BCUT2D eigenvalue weighted by molar-refractivity contribution is 0.0145. The maximum Gasteiger partial charge on any atom is 0.0701 e. The third kappa shape index (κ3) is 13.8. The van der Waals surface area contributed by atoms with Crippen LogP contribution in [0, 0.1) is 0 Å². The van der Waals surface area contributed by atoms with Crippen molar-refractivity contribution in [1.29, 1.82) is 0 Å². The lowest BCUT2D eigenvalue weighted by Crippen LogP contribution is -2.30. The lowest BCUT2D eigenvalue weighted by atomic mass is 9.72. The second-order valence-electron chi connectivity index (χ2n) is 16.6. The fourth-order valence-electron chi connectivity index (χ4n) is 9.44. The van der Waals surface area contributed by atoms with Gasteiger partial charge in [-0.15, -0.1) is 0 Å². The summed E-state index contributed by atoms with van der Waals surface area (Å²) in [5.41, 5.74) is 12.0. The van der Waals surface area contributed by atoms with Gasteiger partial charge in [-0.1, -0.05) is 72.8 Å². The molecule has 0 fully saturated rings. The molecule has 2 aliphatic carbocycles. The largest absolute Gasteiger partial charge is 0.382 e. The summed E-state index contributed by atoms with van der Waals surface area (Å²) in [6.45, 7) is 10.9. The Balaban J connectivity index is 1.30. The summed E-state index contributed by atoms with van der Waals surface area (Å²) in [6, 6.07) is 31.8. The van der Waals surface area contributed by atoms with Gasteiger partial charge in [-0.2, -0.15) is 0 Å². The van der Waals surface area contributed by atoms with E-state index in [4.69, 9.17) is 56.8 Å². The fourth-order valence-corrected chi connectivity index (χ4v) is 9.44. The molecule has 0 bridgehead atoms. The SMILES string of the molecule is COCCOCCOCCC1(CCOCCOCCOC)c2ccccc2-c2ccc(-c3ccc4c(c3)C(CCOCCOCCOC)(CCOCCOCCOC)c3ccccc3-4)cc21. The number of benzene rings is 4. The molecule has 0 saturated carbocycles. The lowest BCUT2D eigenvalue weighted by Gasteiger charge is -2.33. The van der Waals surface area contributed by atoms with Gasteiger partial charge in [0.1, 0.15) is 0 Å². The van der Waals surface area contributed by atoms with Gasteiger partial charge in [0.25, 0.3) is 0 Å². The highest BCUT2D eigenvalue weighted by Gasteiger charge is 2.44. The molecule has 0 N–H and O–H groups in total. The zero-order chi connectivity index (χ0) is 46.1. The van der Waals surface area contributed by atoms with E-state index in [1.807, 2.05) is 0 Å². The summed E-state index contributed by atoms with van der Waals surface area (Å²) in [5.74, 6) is 0. The predicted molar refractivity (Wildman–Crippen MR) is 257 cm³/mol. The molecule has 0 spiro atoms. The quantitative estimate of drug-likeness (QED) is 0.0408. The molecule has 0 saturated heterocycles. The van der Waals surface area contributed by atoms with Crippen molar-refractivity contribution in [3.05, 3.63) is 107 Å². The highest BCUT2D eigenvalue weighted by Crippen LogP contribution is 2.56. The van der Waals surface area contributed by atoms with Crippen LogP contribution in [0.15, 0.2) is 84.9 Å². The summed E-state index contributed by atoms with van der Waals surface area (Å²) in [5, 5.41) is 0. The van der Waals surface area contributed by atoms with Crippen molar-refractivity contribution in [2.45, 2.75) is 36.5 Å². The average Bonchev–Trinajstić information content (AvgIpc) is 3.78. The number of rotatable bonds is 37. The smallest absolute Gasteiger partial charge is 0.0701 e. The molecule has 2 aliphatic rings. The molecular formula is C54H74O12. The van der Waals surface area contributed by atoms with E-state index < -0.39 is 0 Å². The van der Waals surface area contributed by atoms with Crippen LogP contribution < -0.4 is 0 Å². The number of hydrogen-bond donors (Lipinski definition) is 0. The minimum Gasteiger partial charge on any atom is -0.382 e. The van der Waals surface area contributed by atoms with Crippen molar-refractivity contribution >= 4 is 0 Å². The molecule has 0 radical (unpaired) electrons. The topological polar surface area (TPSA) is 111 Å². The van der Waals surface area contributed by atoms with Crippen LogP contribution in [0.3, 0.4) is 0 Å². The van der Waals surface area contributed by atoms with Crippen LogP contribution in [0.2, 0.25) is 0 Å². The minimum atomic E-state index is -0.332. The Kier molecular flexibility index (Phi) is 22.5. The molecular weight excluding hydrogens is 841 g/mol. The third-order valence-electron chi connectivity index (χ3n) is 12.8. The first kappa shape index (κ1) is 51.8. The summed E-state index contributed by atoms with van der Waals surface area (Å²) in [7, 11) is 6.72. The summed E-state index contributed by atoms with van der Waals surface area (Å²) in [4.78, 5) is 0. The molecule has 66 heavy (non-hydrogen) atoms. The predicted octanol–water partition coefficient (Wildman–Crippen LogP) is 8.17. The molecule has 0 atom stereocenters. The van der Waals surface area contributed by atoms with E-state index in [0.717, 1.165) is 25.7 Å². The van der Waals surface area contributed by atoms with Crippen LogP contribution in [-0.4, -0.2) is 161 Å². The van der Waals surface area contributed by atoms with Crippen LogP contribution in [-0.2, 0) is 67.7 Å². The number of ether oxygens (including phenoxy) is 12. The zero-order valence-electron chi connectivity index (χ0n) is 40.0. The van der Waals surface area contributed by atoms with E-state index in [1.165, 1.54) is 55.6 Å². The Morgan fingerprint density at radius 3 is 0.833 bits per heavy atom. The highest BCUT2D eigenvalue weighted by molar-refractivity contribution is 5.87. The Morgan fingerprint density at radius 1 is 0.273 bits per heavy atom. The Bertz CT molecular complexity index is 1810. The zero-order valence-corrected chi connectivity index (χ0v) is 40.0. The summed E-state index contributed by atoms with van der Waals surface area (Å²) >= 11 is 0. The Morgan fingerprint density at radius 2 is 0.530 bits per heavy atom. The number of hydrogen-bond acceptors (Lipinski definition) is 12. The first-order valence-corrected chi connectivity index (χ1v) is 23.7. The van der Waals surface area contributed by atoms with E-state index in [2.05, 4.69) is 84.9 Å². The van der Waals surface area contributed by atoms with Crippen molar-refractivity contribution in [1.82, 2.24) is 0 Å². The van der Waals surface area contributed by atoms with Gasteiger partial charge in [0.15, 0.2) is 0 Å². The molecule has 4 aromatic rings. The summed E-state index contributed by atoms with van der Waals surface area (Å²) < 4.78 is 68.6. The van der Waals surface area contributed by atoms with E-state index in [1.54, 1.807) is 28.4 Å². The molecule has 0 unspecified atom stereocenters. The first-order valence-electron chi connectivity index (χ1n) is 23.7. The monoisotopic (exact) mass is 915 g/mol. The maximum atomic E-state index is 6.29. The second-order valence-corrected chi connectivity index (χ2v) is 16.6. The van der Waals surface area contributed by atoms with E-state index in [-0.39, 0.29) is 10.8 Å². The van der Waals surface area contributed by atoms with Crippen LogP contribution >= 0.6 is 0 Å². The van der Waals surface area contributed by atoms with Gasteiger partial charge in [0.2, 0.25) is 0 Å². The van der Waals surface area contributed by atoms with Gasteiger partial charge in [0, 0.05) is 65.7 Å². The molecule has 12 heteroatoms. The van der Waals surface area contributed by atoms with E-state index in [9.17, 15) is 0 Å². The molecule has 0 amide bonds. The number of methoxy groups -OCH3 is 4. The van der Waals surface area contributed by atoms with Crippen LogP contribution in [0.4, 0.5) is 0 Å². The minimum absolute atomic E-state index is 0.332.